The van der Waals surface area contributed by atoms with Crippen LogP contribution in [-0.4, -0.2) is 12.7 Å². The number of nitrogens with zero attached hydrogens (tertiary/aromatic N) is 1. The Labute approximate surface area is 86.5 Å². The molecule has 74 valence electrons. The van der Waals surface area contributed by atoms with Crippen molar-refractivity contribution in [1.82, 2.24) is 0 Å². The summed E-state index contributed by atoms with van der Waals surface area (Å²) in [6.45, 7) is -2.87. The second-order valence-corrected chi connectivity index (χ2v) is 3.05. The number of hydrogen-bond acceptors (Lipinski definition) is 3. The average molecular weight is 264 g/mol. The van der Waals surface area contributed by atoms with E-state index in [4.69, 9.17) is 0 Å². The third-order valence-corrected chi connectivity index (χ3v) is 1.95. The molecule has 0 saturated heterocycles. The van der Waals surface area contributed by atoms with Crippen LogP contribution >= 0.6 is 15.9 Å². The highest BCUT2D eigenvalue weighted by Gasteiger charge is 2.06. The largest absolute Gasteiger partial charge is 0.435 e. The highest BCUT2D eigenvalue weighted by Crippen LogP contribution is 2.29. The summed E-state index contributed by atoms with van der Waals surface area (Å²) in [5.74, 6) is -0.00303. The molecule has 1 aromatic rings. The molecule has 0 aromatic heterocycles. The van der Waals surface area contributed by atoms with E-state index in [9.17, 15) is 13.6 Å². The third-order valence-electron chi connectivity index (χ3n) is 1.31. The molecular formula is C8H4BrF2NO2. The predicted molar refractivity (Wildman–Crippen MR) is 48.6 cm³/mol. The fraction of sp³-hybridized carbons (Fsp3) is 0.125. The van der Waals surface area contributed by atoms with E-state index in [-0.39, 0.29) is 5.75 Å². The summed E-state index contributed by atoms with van der Waals surface area (Å²) in [6, 6.07) is 3.95. The molecule has 0 aliphatic rings. The Morgan fingerprint density at radius 1 is 1.50 bits per heavy atom. The van der Waals surface area contributed by atoms with E-state index in [1.807, 2.05) is 0 Å². The van der Waals surface area contributed by atoms with E-state index >= 15 is 0 Å². The minimum Gasteiger partial charge on any atom is -0.435 e. The van der Waals surface area contributed by atoms with Gasteiger partial charge in [-0.1, -0.05) is 0 Å². The summed E-state index contributed by atoms with van der Waals surface area (Å²) >= 11 is 3.04. The van der Waals surface area contributed by atoms with Gasteiger partial charge in [0.15, 0.2) is 0 Å². The maximum atomic E-state index is 11.8. The summed E-state index contributed by atoms with van der Waals surface area (Å²) in [5, 5.41) is 0. The van der Waals surface area contributed by atoms with Gasteiger partial charge in [-0.25, -0.2) is 4.79 Å². The molecule has 1 aromatic carbocycles. The molecule has 1 rings (SSSR count). The van der Waals surface area contributed by atoms with E-state index in [1.165, 1.54) is 24.3 Å². The number of isocyanates is 1. The fourth-order valence-corrected chi connectivity index (χ4v) is 1.25. The van der Waals surface area contributed by atoms with Crippen LogP contribution in [-0.2, 0) is 4.79 Å². The van der Waals surface area contributed by atoms with Crippen molar-refractivity contribution in [3.05, 3.63) is 22.7 Å². The van der Waals surface area contributed by atoms with E-state index in [1.54, 1.807) is 0 Å². The van der Waals surface area contributed by atoms with Crippen molar-refractivity contribution in [2.45, 2.75) is 6.61 Å². The maximum absolute atomic E-state index is 11.8. The molecule has 6 heteroatoms. The number of rotatable bonds is 3. The summed E-state index contributed by atoms with van der Waals surface area (Å²) in [7, 11) is 0. The zero-order chi connectivity index (χ0) is 10.6. The Balaban J connectivity index is 2.94. The predicted octanol–water partition coefficient (Wildman–Crippen LogP) is 3.02. The monoisotopic (exact) mass is 263 g/mol. The molecule has 0 spiro atoms. The first-order chi connectivity index (χ1) is 6.63. The molecule has 0 amide bonds. The van der Waals surface area contributed by atoms with Gasteiger partial charge in [0.2, 0.25) is 6.08 Å². The summed E-state index contributed by atoms with van der Waals surface area (Å²) < 4.78 is 28.1. The Kier molecular flexibility index (Phi) is 3.73. The Hall–Kier alpha value is -1.26. The van der Waals surface area contributed by atoms with E-state index in [2.05, 4.69) is 25.7 Å². The lowest BCUT2D eigenvalue weighted by atomic mass is 10.3. The van der Waals surface area contributed by atoms with Crippen LogP contribution in [0.2, 0.25) is 0 Å². The lowest BCUT2D eigenvalue weighted by Crippen LogP contribution is -2.01. The van der Waals surface area contributed by atoms with Gasteiger partial charge in [-0.3, -0.25) is 0 Å². The zero-order valence-corrected chi connectivity index (χ0v) is 8.29. The van der Waals surface area contributed by atoms with E-state index in [0.29, 0.717) is 10.2 Å². The topological polar surface area (TPSA) is 38.7 Å². The quantitative estimate of drug-likeness (QED) is 0.621. The third kappa shape index (κ3) is 2.90. The van der Waals surface area contributed by atoms with Gasteiger partial charge in [-0.2, -0.15) is 13.8 Å². The highest BCUT2D eigenvalue weighted by molar-refractivity contribution is 9.10. The average Bonchev–Trinajstić information content (AvgIpc) is 2.09. The standard InChI is InChI=1S/C8H4BrF2NO2/c9-6-3-5(14-8(10)11)1-2-7(6)12-4-13/h1-3,8H. The van der Waals surface area contributed by atoms with Gasteiger partial charge in [0.1, 0.15) is 5.75 Å². The molecule has 0 heterocycles. The fourth-order valence-electron chi connectivity index (χ4n) is 0.804. The van der Waals surface area contributed by atoms with Crippen molar-refractivity contribution in [3.8, 4) is 5.75 Å². The van der Waals surface area contributed by atoms with Gasteiger partial charge in [0.05, 0.1) is 5.69 Å². The van der Waals surface area contributed by atoms with Crippen LogP contribution < -0.4 is 4.74 Å². The normalized spacial score (nSPS) is 9.71. The lowest BCUT2D eigenvalue weighted by Gasteiger charge is -2.04. The number of aliphatic imine (C=N–C) groups is 1. The first-order valence-corrected chi connectivity index (χ1v) is 4.25. The van der Waals surface area contributed by atoms with Crippen LogP contribution in [0.3, 0.4) is 0 Å². The van der Waals surface area contributed by atoms with Crippen LogP contribution in [0.25, 0.3) is 0 Å². The molecule has 0 unspecified atom stereocenters. The first-order valence-electron chi connectivity index (χ1n) is 3.45. The van der Waals surface area contributed by atoms with Crippen molar-refractivity contribution in [3.63, 3.8) is 0 Å². The number of ether oxygens (including phenoxy) is 1. The SMILES string of the molecule is O=C=Nc1ccc(OC(F)F)cc1Br. The van der Waals surface area contributed by atoms with Crippen molar-refractivity contribution in [1.29, 1.82) is 0 Å². The van der Waals surface area contributed by atoms with Gasteiger partial charge in [-0.15, -0.1) is 0 Å². The minimum atomic E-state index is -2.87. The van der Waals surface area contributed by atoms with Gasteiger partial charge < -0.3 is 4.74 Å². The van der Waals surface area contributed by atoms with Gasteiger partial charge >= 0.3 is 6.61 Å². The molecule has 0 bridgehead atoms. The van der Waals surface area contributed by atoms with E-state index in [0.717, 1.165) is 0 Å². The van der Waals surface area contributed by atoms with Gasteiger partial charge in [0.25, 0.3) is 0 Å². The summed E-state index contributed by atoms with van der Waals surface area (Å²) in [5.41, 5.74) is 0.307. The van der Waals surface area contributed by atoms with E-state index < -0.39 is 6.61 Å². The van der Waals surface area contributed by atoms with Crippen molar-refractivity contribution in [2.75, 3.05) is 0 Å². The minimum absolute atomic E-state index is 0.00303. The summed E-state index contributed by atoms with van der Waals surface area (Å²) in [4.78, 5) is 13.3. The Morgan fingerprint density at radius 3 is 2.71 bits per heavy atom. The second-order valence-electron chi connectivity index (χ2n) is 2.19. The van der Waals surface area contributed by atoms with Crippen molar-refractivity contribution >= 4 is 27.7 Å². The number of hydrogen-bond donors (Lipinski definition) is 0. The molecule has 0 radical (unpaired) electrons. The van der Waals surface area contributed by atoms with Crippen LogP contribution in [0, 0.1) is 0 Å². The summed E-state index contributed by atoms with van der Waals surface area (Å²) in [6.07, 6.45) is 1.34. The molecule has 0 atom stereocenters. The molecule has 14 heavy (non-hydrogen) atoms. The molecule has 0 aliphatic heterocycles. The number of halogens is 3. The van der Waals surface area contributed by atoms with Gasteiger partial charge in [0, 0.05) is 4.47 Å². The lowest BCUT2D eigenvalue weighted by molar-refractivity contribution is -0.0498. The first kappa shape index (κ1) is 10.8. The van der Waals surface area contributed by atoms with Crippen molar-refractivity contribution in [2.24, 2.45) is 4.99 Å². The molecular weight excluding hydrogens is 260 g/mol. The van der Waals surface area contributed by atoms with Crippen LogP contribution in [0.4, 0.5) is 14.5 Å². The molecule has 0 N–H and O–H groups in total. The molecule has 3 nitrogen and oxygen atoms in total. The van der Waals surface area contributed by atoms with Gasteiger partial charge in [-0.05, 0) is 34.1 Å². The second kappa shape index (κ2) is 4.83. The number of carbonyl (C=O) groups excluding carboxylic acids is 1. The van der Waals surface area contributed by atoms with Crippen molar-refractivity contribution < 1.29 is 18.3 Å². The maximum Gasteiger partial charge on any atom is 0.387 e. The molecule has 0 saturated carbocycles. The van der Waals surface area contributed by atoms with Crippen LogP contribution in [0.15, 0.2) is 27.7 Å². The van der Waals surface area contributed by atoms with Crippen LogP contribution in [0.5, 0.6) is 5.75 Å². The Morgan fingerprint density at radius 2 is 2.21 bits per heavy atom. The number of alkyl halides is 2. The Bertz CT molecular complexity index is 378. The van der Waals surface area contributed by atoms with Crippen LogP contribution in [0.1, 0.15) is 0 Å². The molecule has 0 aliphatic carbocycles. The number of benzene rings is 1. The zero-order valence-electron chi connectivity index (χ0n) is 6.71. The smallest absolute Gasteiger partial charge is 0.387 e. The molecule has 0 fully saturated rings. The highest BCUT2D eigenvalue weighted by atomic mass is 79.9.